The van der Waals surface area contributed by atoms with Crippen LogP contribution in [0.2, 0.25) is 0 Å². The van der Waals surface area contributed by atoms with Crippen LogP contribution >= 0.6 is 0 Å². The highest BCUT2D eigenvalue weighted by Gasteiger charge is 2.46. The zero-order valence-corrected chi connectivity index (χ0v) is 22.0. The average molecular weight is 517 g/mol. The molecule has 5 nitrogen and oxygen atoms in total. The van der Waals surface area contributed by atoms with Crippen LogP contribution in [0.4, 0.5) is 4.79 Å². The van der Waals surface area contributed by atoms with Crippen molar-refractivity contribution in [2.45, 2.75) is 68.4 Å². The van der Waals surface area contributed by atoms with Crippen LogP contribution in [0.5, 0.6) is 0 Å². The molecule has 2 aliphatic carbocycles. The minimum Gasteiger partial charge on any atom is -0.448 e. The van der Waals surface area contributed by atoms with Crippen molar-refractivity contribution in [1.82, 2.24) is 4.90 Å². The molecule has 2 saturated heterocycles. The summed E-state index contributed by atoms with van der Waals surface area (Å²) in [4.78, 5) is 29.1. The molecular weight excluding hydrogens is 484 g/mol. The maximum atomic E-state index is 13.6. The van der Waals surface area contributed by atoms with Gasteiger partial charge in [-0.05, 0) is 78.8 Å². The lowest BCUT2D eigenvalue weighted by Crippen LogP contribution is -2.55. The summed E-state index contributed by atoms with van der Waals surface area (Å²) in [5.41, 5.74) is 6.12. The van der Waals surface area contributed by atoms with Crippen LogP contribution in [0.3, 0.4) is 0 Å². The van der Waals surface area contributed by atoms with Crippen molar-refractivity contribution in [2.75, 3.05) is 6.61 Å². The van der Waals surface area contributed by atoms with Crippen LogP contribution in [0.15, 0.2) is 72.8 Å². The van der Waals surface area contributed by atoms with E-state index in [4.69, 9.17) is 4.74 Å². The lowest BCUT2D eigenvalue weighted by molar-refractivity contribution is 0.00651. The standard InChI is InChI=1S/C34H32N2O3/c35-21-34(15-16-34)24-8-5-7-22(17-24)32(37)23-18-25-9-6-10-26(19-23)36(25)33(38)39-20-31-29-13-3-1-11-27(29)28-12-2-4-14-30(28)31/h1-5,7-8,11-14,17,23,25-26,31H,6,9-10,15-16,18-20H2. The Bertz CT molecular complexity index is 1440. The minimum absolute atomic E-state index is 0.0270. The number of nitrogens with zero attached hydrogens (tertiary/aromatic N) is 2. The number of nitriles is 1. The summed E-state index contributed by atoms with van der Waals surface area (Å²) < 4.78 is 6.04. The van der Waals surface area contributed by atoms with E-state index < -0.39 is 5.41 Å². The van der Waals surface area contributed by atoms with Gasteiger partial charge in [-0.15, -0.1) is 0 Å². The number of carbonyl (C=O) groups is 2. The van der Waals surface area contributed by atoms with E-state index >= 15 is 0 Å². The van der Waals surface area contributed by atoms with Crippen LogP contribution in [0, 0.1) is 17.2 Å². The van der Waals surface area contributed by atoms with E-state index in [1.54, 1.807) is 0 Å². The molecule has 0 N–H and O–H groups in total. The van der Waals surface area contributed by atoms with Crippen LogP contribution in [0.1, 0.15) is 77.9 Å². The molecule has 2 bridgehead atoms. The number of amides is 1. The van der Waals surface area contributed by atoms with Crippen molar-refractivity contribution in [3.63, 3.8) is 0 Å². The largest absolute Gasteiger partial charge is 0.448 e. The molecule has 2 unspecified atom stereocenters. The van der Waals surface area contributed by atoms with Gasteiger partial charge < -0.3 is 9.64 Å². The highest BCUT2D eigenvalue weighted by atomic mass is 16.6. The molecule has 39 heavy (non-hydrogen) atoms. The Labute approximate surface area is 229 Å². The smallest absolute Gasteiger partial charge is 0.410 e. The molecular formula is C34H32N2O3. The number of carbonyl (C=O) groups excluding carboxylic acids is 2. The minimum atomic E-state index is -0.403. The molecule has 3 fully saturated rings. The van der Waals surface area contributed by atoms with Gasteiger partial charge in [0, 0.05) is 29.5 Å². The second-order valence-electron chi connectivity index (χ2n) is 11.8. The van der Waals surface area contributed by atoms with E-state index in [0.717, 1.165) is 37.7 Å². The number of Topliss-reactive ketones (excluding diaryl/α,β-unsaturated/α-hetero) is 1. The summed E-state index contributed by atoms with van der Waals surface area (Å²) in [5, 5.41) is 9.60. The molecule has 5 heteroatoms. The first kappa shape index (κ1) is 24.2. The highest BCUT2D eigenvalue weighted by molar-refractivity contribution is 5.98. The van der Waals surface area contributed by atoms with Crippen molar-refractivity contribution >= 4 is 11.9 Å². The van der Waals surface area contributed by atoms with Gasteiger partial charge in [-0.2, -0.15) is 5.26 Å². The van der Waals surface area contributed by atoms with Crippen LogP contribution in [-0.4, -0.2) is 35.5 Å². The number of hydrogen-bond acceptors (Lipinski definition) is 4. The van der Waals surface area contributed by atoms with Gasteiger partial charge in [0.1, 0.15) is 6.61 Å². The Morgan fingerprint density at radius 3 is 2.15 bits per heavy atom. The predicted octanol–water partition coefficient (Wildman–Crippen LogP) is 7.01. The van der Waals surface area contributed by atoms with Crippen molar-refractivity contribution < 1.29 is 14.3 Å². The average Bonchev–Trinajstić information content (AvgIpc) is 3.72. The van der Waals surface area contributed by atoms with Crippen molar-refractivity contribution in [2.24, 2.45) is 5.92 Å². The van der Waals surface area contributed by atoms with Crippen LogP contribution in [0.25, 0.3) is 11.1 Å². The Hall–Kier alpha value is -3.91. The molecule has 7 rings (SSSR count). The SMILES string of the molecule is N#CC1(c2cccc(C(=O)C3CC4CCCC(C3)N4C(=O)OCC3c4ccccc4-c4ccccc43)c2)CC1. The first-order valence-electron chi connectivity index (χ1n) is 14.3. The third kappa shape index (κ3) is 4.05. The number of fused-ring (bicyclic) bond motifs is 5. The zero-order valence-electron chi connectivity index (χ0n) is 22.0. The molecule has 0 aromatic heterocycles. The molecule has 2 aliphatic heterocycles. The summed E-state index contributed by atoms with van der Waals surface area (Å²) in [6.45, 7) is 0.318. The van der Waals surface area contributed by atoms with Gasteiger partial charge in [-0.25, -0.2) is 4.79 Å². The number of ether oxygens (including phenoxy) is 1. The third-order valence-corrected chi connectivity index (χ3v) is 9.56. The van der Waals surface area contributed by atoms with Crippen molar-refractivity contribution in [1.29, 1.82) is 5.26 Å². The van der Waals surface area contributed by atoms with Crippen LogP contribution in [-0.2, 0) is 10.2 Å². The van der Waals surface area contributed by atoms with E-state index in [2.05, 4.69) is 42.5 Å². The normalized spacial score (nSPS) is 24.3. The van der Waals surface area contributed by atoms with Gasteiger partial charge in [0.05, 0.1) is 11.5 Å². The van der Waals surface area contributed by atoms with Gasteiger partial charge in [0.15, 0.2) is 5.78 Å². The summed E-state index contributed by atoms with van der Waals surface area (Å²) >= 11 is 0. The van der Waals surface area contributed by atoms with Gasteiger partial charge >= 0.3 is 6.09 Å². The monoisotopic (exact) mass is 516 g/mol. The molecule has 0 spiro atoms. The first-order chi connectivity index (χ1) is 19.1. The lowest BCUT2D eigenvalue weighted by atomic mass is 9.75. The number of ketones is 1. The molecule has 4 aliphatic rings. The van der Waals surface area contributed by atoms with Gasteiger partial charge in [0.25, 0.3) is 0 Å². The number of piperidine rings is 2. The fourth-order valence-corrected chi connectivity index (χ4v) is 7.36. The quantitative estimate of drug-likeness (QED) is 0.342. The maximum absolute atomic E-state index is 13.6. The summed E-state index contributed by atoms with van der Waals surface area (Å²) in [6, 6.07) is 27.0. The molecule has 1 saturated carbocycles. The van der Waals surface area contributed by atoms with E-state index in [0.29, 0.717) is 25.0 Å². The lowest BCUT2D eigenvalue weighted by Gasteiger charge is -2.47. The van der Waals surface area contributed by atoms with Crippen molar-refractivity contribution in [3.05, 3.63) is 95.1 Å². The van der Waals surface area contributed by atoms with Gasteiger partial charge in [-0.3, -0.25) is 4.79 Å². The summed E-state index contributed by atoms with van der Waals surface area (Å²) in [5.74, 6) is 0.0795. The van der Waals surface area contributed by atoms with Crippen molar-refractivity contribution in [3.8, 4) is 17.2 Å². The van der Waals surface area contributed by atoms with Crippen LogP contribution < -0.4 is 0 Å². The number of hydrogen-bond donors (Lipinski definition) is 0. The zero-order chi connectivity index (χ0) is 26.6. The predicted molar refractivity (Wildman–Crippen MR) is 148 cm³/mol. The molecule has 2 heterocycles. The maximum Gasteiger partial charge on any atom is 0.410 e. The van der Waals surface area contributed by atoms with Gasteiger partial charge in [0.2, 0.25) is 0 Å². The van der Waals surface area contributed by atoms with Gasteiger partial charge in [-0.1, -0.05) is 66.7 Å². The molecule has 1 amide bonds. The van der Waals surface area contributed by atoms with E-state index in [9.17, 15) is 14.9 Å². The molecule has 2 atom stereocenters. The molecule has 0 radical (unpaired) electrons. The van der Waals surface area contributed by atoms with E-state index in [-0.39, 0.29) is 35.8 Å². The number of benzene rings is 3. The highest BCUT2D eigenvalue weighted by Crippen LogP contribution is 2.48. The summed E-state index contributed by atoms with van der Waals surface area (Å²) in [7, 11) is 0. The van der Waals surface area contributed by atoms with E-state index in [1.165, 1.54) is 22.3 Å². The topological polar surface area (TPSA) is 70.4 Å². The Kier molecular flexibility index (Phi) is 5.81. The molecule has 3 aromatic rings. The van der Waals surface area contributed by atoms with E-state index in [1.807, 2.05) is 41.3 Å². The fraction of sp³-hybridized carbons (Fsp3) is 0.382. The Balaban J connectivity index is 1.05. The Morgan fingerprint density at radius 1 is 0.897 bits per heavy atom. The molecule has 3 aromatic carbocycles. The second-order valence-corrected chi connectivity index (χ2v) is 11.8. The summed E-state index contributed by atoms with van der Waals surface area (Å²) in [6.07, 6.45) is 5.71. The molecule has 196 valence electrons. The third-order valence-electron chi connectivity index (χ3n) is 9.56. The first-order valence-corrected chi connectivity index (χ1v) is 14.3. The fourth-order valence-electron chi connectivity index (χ4n) is 7.36. The number of rotatable bonds is 5. The Morgan fingerprint density at radius 2 is 1.54 bits per heavy atom. The second kappa shape index (κ2) is 9.38.